The molecule has 1 aliphatic rings. The van der Waals surface area contributed by atoms with E-state index in [4.69, 9.17) is 0 Å². The molecule has 3 rings (SSSR count). The summed E-state index contributed by atoms with van der Waals surface area (Å²) >= 11 is 3.34. The maximum absolute atomic E-state index is 13.6. The summed E-state index contributed by atoms with van der Waals surface area (Å²) in [7, 11) is 0. The van der Waals surface area contributed by atoms with E-state index >= 15 is 0 Å². The highest BCUT2D eigenvalue weighted by molar-refractivity contribution is 9.10. The number of benzene rings is 1. The maximum atomic E-state index is 13.6. The van der Waals surface area contributed by atoms with E-state index in [1.54, 1.807) is 16.8 Å². The zero-order valence-corrected chi connectivity index (χ0v) is 11.9. The van der Waals surface area contributed by atoms with Crippen molar-refractivity contribution in [2.75, 3.05) is 0 Å². The molecule has 0 amide bonds. The summed E-state index contributed by atoms with van der Waals surface area (Å²) in [6.45, 7) is 1.12. The second-order valence-corrected chi connectivity index (χ2v) is 5.71. The molecule has 0 atom stereocenters. The molecule has 1 fully saturated rings. The monoisotopic (exact) mass is 324 g/mol. The molecular weight excluding hydrogens is 311 g/mol. The maximum Gasteiger partial charge on any atom is 0.128 e. The van der Waals surface area contributed by atoms with Gasteiger partial charge in [0.25, 0.3) is 0 Å². The molecule has 0 aliphatic heterocycles. The van der Waals surface area contributed by atoms with Gasteiger partial charge in [-0.25, -0.2) is 9.07 Å². The van der Waals surface area contributed by atoms with E-state index in [9.17, 15) is 4.39 Å². The number of halogens is 2. The van der Waals surface area contributed by atoms with Gasteiger partial charge < -0.3 is 5.32 Å². The van der Waals surface area contributed by atoms with Gasteiger partial charge in [-0.1, -0.05) is 21.1 Å². The summed E-state index contributed by atoms with van der Waals surface area (Å²) in [5, 5.41) is 11.5. The Labute approximate surface area is 119 Å². The third-order valence-corrected chi connectivity index (χ3v) is 3.57. The summed E-state index contributed by atoms with van der Waals surface area (Å²) in [6, 6.07) is 5.54. The number of nitrogens with one attached hydrogen (secondary N) is 1. The van der Waals surface area contributed by atoms with Crippen LogP contribution in [0.5, 0.6) is 0 Å². The molecule has 0 unspecified atom stereocenters. The normalized spacial score (nSPS) is 14.8. The van der Waals surface area contributed by atoms with Crippen molar-refractivity contribution in [2.24, 2.45) is 0 Å². The zero-order chi connectivity index (χ0) is 13.2. The average molecular weight is 325 g/mol. The van der Waals surface area contributed by atoms with Gasteiger partial charge in [0.15, 0.2) is 0 Å². The lowest BCUT2D eigenvalue weighted by atomic mass is 10.2. The van der Waals surface area contributed by atoms with Gasteiger partial charge >= 0.3 is 0 Å². The number of rotatable bonds is 5. The highest BCUT2D eigenvalue weighted by atomic mass is 79.9. The van der Waals surface area contributed by atoms with Gasteiger partial charge in [0.05, 0.1) is 18.4 Å². The average Bonchev–Trinajstić information content (AvgIpc) is 3.12. The Balaban J connectivity index is 1.66. The molecule has 1 saturated carbocycles. The van der Waals surface area contributed by atoms with Crippen LogP contribution in [-0.4, -0.2) is 21.0 Å². The predicted molar refractivity (Wildman–Crippen MR) is 73.1 cm³/mol. The van der Waals surface area contributed by atoms with E-state index in [1.807, 2.05) is 6.20 Å². The van der Waals surface area contributed by atoms with Crippen molar-refractivity contribution < 1.29 is 4.39 Å². The number of hydrogen-bond acceptors (Lipinski definition) is 3. The van der Waals surface area contributed by atoms with Crippen LogP contribution in [0.3, 0.4) is 0 Å². The van der Waals surface area contributed by atoms with Crippen LogP contribution >= 0.6 is 15.9 Å². The number of hydrogen-bond donors (Lipinski definition) is 1. The smallest absolute Gasteiger partial charge is 0.128 e. The fourth-order valence-electron chi connectivity index (χ4n) is 1.87. The van der Waals surface area contributed by atoms with Crippen molar-refractivity contribution in [1.29, 1.82) is 0 Å². The first-order valence-corrected chi connectivity index (χ1v) is 7.06. The molecule has 0 saturated heterocycles. The Morgan fingerprint density at radius 2 is 2.26 bits per heavy atom. The summed E-state index contributed by atoms with van der Waals surface area (Å²) < 4.78 is 16.2. The fraction of sp³-hybridized carbons (Fsp3) is 0.385. The highest BCUT2D eigenvalue weighted by Crippen LogP contribution is 2.19. The highest BCUT2D eigenvalue weighted by Gasteiger charge is 2.20. The first kappa shape index (κ1) is 12.7. The van der Waals surface area contributed by atoms with Gasteiger partial charge in [-0.3, -0.25) is 0 Å². The summed E-state index contributed by atoms with van der Waals surface area (Å²) in [4.78, 5) is 0. The minimum Gasteiger partial charge on any atom is -0.308 e. The Kier molecular flexibility index (Phi) is 3.61. The van der Waals surface area contributed by atoms with Crippen LogP contribution in [0.25, 0.3) is 0 Å². The van der Waals surface area contributed by atoms with Crippen LogP contribution in [-0.2, 0) is 13.1 Å². The lowest BCUT2D eigenvalue weighted by Gasteiger charge is -2.03. The molecule has 0 bridgehead atoms. The van der Waals surface area contributed by atoms with E-state index in [1.165, 1.54) is 18.9 Å². The second kappa shape index (κ2) is 5.38. The minimum absolute atomic E-state index is 0.226. The lowest BCUT2D eigenvalue weighted by Crippen LogP contribution is -2.15. The van der Waals surface area contributed by atoms with Crippen molar-refractivity contribution in [3.8, 4) is 0 Å². The van der Waals surface area contributed by atoms with Crippen LogP contribution in [0.15, 0.2) is 28.9 Å². The molecule has 2 aromatic rings. The molecule has 0 spiro atoms. The first-order valence-electron chi connectivity index (χ1n) is 6.27. The van der Waals surface area contributed by atoms with Gasteiger partial charge in [-0.05, 0) is 31.0 Å². The summed E-state index contributed by atoms with van der Waals surface area (Å²) in [5.74, 6) is -0.226. The quantitative estimate of drug-likeness (QED) is 0.918. The van der Waals surface area contributed by atoms with Crippen LogP contribution in [0, 0.1) is 5.82 Å². The molecule has 19 heavy (non-hydrogen) atoms. The fourth-order valence-corrected chi connectivity index (χ4v) is 2.28. The lowest BCUT2D eigenvalue weighted by molar-refractivity contribution is 0.576. The van der Waals surface area contributed by atoms with Crippen LogP contribution in [0.4, 0.5) is 4.39 Å². The molecule has 1 aromatic heterocycles. The third kappa shape index (κ3) is 3.39. The van der Waals surface area contributed by atoms with E-state index in [0.29, 0.717) is 18.2 Å². The molecular formula is C13H14BrFN4. The van der Waals surface area contributed by atoms with Crippen molar-refractivity contribution in [3.63, 3.8) is 0 Å². The molecule has 0 radical (unpaired) electrons. The summed E-state index contributed by atoms with van der Waals surface area (Å²) in [5.41, 5.74) is 1.49. The van der Waals surface area contributed by atoms with Crippen LogP contribution < -0.4 is 5.32 Å². The third-order valence-electron chi connectivity index (χ3n) is 3.08. The van der Waals surface area contributed by atoms with Gasteiger partial charge in [0.2, 0.25) is 0 Å². The molecule has 1 N–H and O–H groups in total. The molecule has 1 heterocycles. The molecule has 6 heteroatoms. The number of aromatic nitrogens is 3. The Hall–Kier alpha value is -1.27. The van der Waals surface area contributed by atoms with Crippen LogP contribution in [0.2, 0.25) is 0 Å². The van der Waals surface area contributed by atoms with Crippen molar-refractivity contribution in [2.45, 2.75) is 32.0 Å². The standard InChI is InChI=1S/C13H14BrFN4/c14-10-1-4-13(15)9(5-10)7-19-8-12(17-18-19)6-16-11-2-3-11/h1,4-5,8,11,16H,2-3,6-7H2. The topological polar surface area (TPSA) is 42.7 Å². The SMILES string of the molecule is Fc1ccc(Br)cc1Cn1cc(CNC2CC2)nn1. The van der Waals surface area contributed by atoms with Crippen molar-refractivity contribution in [1.82, 2.24) is 20.3 Å². The molecule has 4 nitrogen and oxygen atoms in total. The van der Waals surface area contributed by atoms with Gasteiger partial charge in [0, 0.05) is 22.6 Å². The first-order chi connectivity index (χ1) is 9.20. The van der Waals surface area contributed by atoms with E-state index in [2.05, 4.69) is 31.6 Å². The van der Waals surface area contributed by atoms with Crippen molar-refractivity contribution in [3.05, 3.63) is 45.9 Å². The van der Waals surface area contributed by atoms with Gasteiger partial charge in [-0.2, -0.15) is 0 Å². The summed E-state index contributed by atoms with van der Waals surface area (Å²) in [6.07, 6.45) is 4.35. The molecule has 100 valence electrons. The Bertz CT molecular complexity index is 580. The van der Waals surface area contributed by atoms with Gasteiger partial charge in [0.1, 0.15) is 5.82 Å². The number of nitrogens with zero attached hydrogens (tertiary/aromatic N) is 3. The zero-order valence-electron chi connectivity index (χ0n) is 10.3. The van der Waals surface area contributed by atoms with Crippen LogP contribution in [0.1, 0.15) is 24.1 Å². The van der Waals surface area contributed by atoms with Gasteiger partial charge in [-0.15, -0.1) is 5.10 Å². The van der Waals surface area contributed by atoms with E-state index in [-0.39, 0.29) is 5.82 Å². The largest absolute Gasteiger partial charge is 0.308 e. The Morgan fingerprint density at radius 1 is 1.42 bits per heavy atom. The minimum atomic E-state index is -0.226. The van der Waals surface area contributed by atoms with E-state index in [0.717, 1.165) is 16.7 Å². The molecule has 1 aliphatic carbocycles. The predicted octanol–water partition coefficient (Wildman–Crippen LogP) is 2.48. The van der Waals surface area contributed by atoms with Crippen molar-refractivity contribution >= 4 is 15.9 Å². The van der Waals surface area contributed by atoms with E-state index < -0.39 is 0 Å². The Morgan fingerprint density at radius 3 is 3.05 bits per heavy atom. The molecule has 1 aromatic carbocycles. The second-order valence-electron chi connectivity index (χ2n) is 4.80.